The van der Waals surface area contributed by atoms with Crippen molar-refractivity contribution in [3.63, 3.8) is 0 Å². The third-order valence-electron chi connectivity index (χ3n) is 0. The lowest BCUT2D eigenvalue weighted by molar-refractivity contribution is -0.840. The van der Waals surface area contributed by atoms with Crippen LogP contribution in [-0.4, -0.2) is 25.9 Å². The Morgan fingerprint density at radius 3 is 0.250 bits per heavy atom. The predicted molar refractivity (Wildman–Crippen MR) is 15.2 cm³/mol. The molecule has 0 aliphatic carbocycles. The van der Waals surface area contributed by atoms with E-state index in [0.29, 0.717) is 0 Å². The number of hydrogen-bond acceptors (Lipinski definition) is 12. The summed E-state index contributed by atoms with van der Waals surface area (Å²) in [5.74, 6) is 0. The molecule has 0 saturated heterocycles. The second kappa shape index (κ2) is 20.0. The van der Waals surface area contributed by atoms with Gasteiger partial charge in [0.05, 0.1) is 0 Å². The van der Waals surface area contributed by atoms with Gasteiger partial charge in [0.2, 0.25) is 0 Å². The van der Waals surface area contributed by atoms with E-state index in [0.717, 1.165) is 0 Å². The molecule has 0 N–H and O–H groups in total. The van der Waals surface area contributed by atoms with Gasteiger partial charge in [-0.25, -0.2) is 0 Å². The molecule has 0 aromatic rings. The molecule has 104 valence electrons. The fraction of sp³-hybridized carbons (Fsp3) is 1.00. The molecule has 0 spiro atoms. The third kappa shape index (κ3) is 9200. The van der Waals surface area contributed by atoms with Gasteiger partial charge in [0, 0.05) is 0 Å². The quantitative estimate of drug-likeness (QED) is 0.358. The molecule has 0 unspecified atom stereocenters. The van der Waals surface area contributed by atoms with Gasteiger partial charge in [0.25, 0.3) is 0 Å². The Morgan fingerprint density at radius 2 is 0.250 bits per heavy atom. The Labute approximate surface area is 88.4 Å². The van der Waals surface area contributed by atoms with Crippen molar-refractivity contribution < 1.29 is 61.3 Å². The molecule has 0 aliphatic rings. The van der Waals surface area contributed by atoms with Gasteiger partial charge in [0.1, 0.15) is 0 Å². The van der Waals surface area contributed by atoms with Crippen LogP contribution in [0.3, 0.4) is 0 Å². The van der Waals surface area contributed by atoms with Crippen LogP contribution in [0.1, 0.15) is 0 Å². The molecule has 0 saturated carbocycles. The molecular weight excluding hydrogens is 240 g/mol. The lowest BCUT2D eigenvalue weighted by Crippen LogP contribution is -2.50. The maximum absolute atomic E-state index is 8.42. The van der Waals surface area contributed by atoms with Gasteiger partial charge in [-0.05, 0) is 0 Å². The zero-order chi connectivity index (χ0) is 14.3. The van der Waals surface area contributed by atoms with Crippen molar-refractivity contribution in [1.82, 2.24) is 0 Å². The van der Waals surface area contributed by atoms with Gasteiger partial charge >= 0.3 is 0 Å². The summed E-state index contributed by atoms with van der Waals surface area (Å²) in [5, 5.41) is 101. The Balaban J connectivity index is -0.0000000600. The summed E-state index contributed by atoms with van der Waals surface area (Å²) >= 11 is 0. The van der Waals surface area contributed by atoms with Gasteiger partial charge in [0.15, 0.2) is 0 Å². The Bertz CT molecular complexity index is 56.0. The zero-order valence-electron chi connectivity index (χ0n) is 7.21. The molecule has 0 aromatic heterocycles. The topological polar surface area (TPSA) is 277 Å². The predicted octanol–water partition coefficient (Wildman–Crippen LogP) is -14.6. The molecule has 0 radical (unpaired) electrons. The molecule has 0 aromatic carbocycles. The van der Waals surface area contributed by atoms with Crippen LogP contribution >= 0.6 is 0 Å². The summed E-state index contributed by atoms with van der Waals surface area (Å²) in [6.45, 7) is -11.7. The second-order valence-corrected chi connectivity index (χ2v) is 1.15. The van der Waals surface area contributed by atoms with Crippen molar-refractivity contribution in [2.45, 2.75) is 25.9 Å². The first-order valence-corrected chi connectivity index (χ1v) is 2.83. The van der Waals surface area contributed by atoms with Crippen molar-refractivity contribution in [3.8, 4) is 0 Å². The molecule has 0 atom stereocenters. The lowest BCUT2D eigenvalue weighted by atomic mass is 11.4. The average Bonchev–Trinajstić information content (AvgIpc) is 1.76. The Hall–Kier alpha value is -0.480. The minimum absolute atomic E-state index is 2.92. The average molecular weight is 244 g/mol. The van der Waals surface area contributed by atoms with Gasteiger partial charge < -0.3 is 87.2 Å². The molecule has 0 amide bonds. The van der Waals surface area contributed by atoms with Crippen molar-refractivity contribution in [3.05, 3.63) is 0 Å². The van der Waals surface area contributed by atoms with Crippen LogP contribution in [0.15, 0.2) is 0 Å². The Morgan fingerprint density at radius 1 is 0.250 bits per heavy atom. The van der Waals surface area contributed by atoms with Crippen LogP contribution in [0.4, 0.5) is 0 Å². The molecule has 12 heteroatoms. The molecule has 12 nitrogen and oxygen atoms in total. The first-order chi connectivity index (χ1) is 6.93. The molecule has 0 aliphatic heterocycles. The zero-order valence-corrected chi connectivity index (χ0v) is 7.21. The van der Waals surface area contributed by atoms with E-state index in [1.54, 1.807) is 0 Å². The van der Waals surface area contributed by atoms with Crippen LogP contribution in [-0.2, 0) is 0 Å². The highest BCUT2D eigenvalue weighted by Crippen LogP contribution is 1.11. The van der Waals surface area contributed by atoms with Crippen molar-refractivity contribution in [2.24, 2.45) is 0 Å². The normalized spacial score (nSPS) is 9.00. The summed E-state index contributed by atoms with van der Waals surface area (Å²) in [7, 11) is 0. The molecule has 0 rings (SSSR count). The van der Waals surface area contributed by atoms with E-state index in [2.05, 4.69) is 0 Å². The summed E-state index contributed by atoms with van der Waals surface area (Å²) in [5.41, 5.74) is 0. The SMILES string of the molecule is [O-]C([O-])[O-].[O-]C([O-])[O-].[O-]C([O-])[O-].[O-]C([O-])[O-]. The fourth-order valence-corrected chi connectivity index (χ4v) is 0. The minimum Gasteiger partial charge on any atom is -0.879 e. The van der Waals surface area contributed by atoms with E-state index in [9.17, 15) is 0 Å². The highest BCUT2D eigenvalue weighted by atomic mass is 16.7. The summed E-state index contributed by atoms with van der Waals surface area (Å²) in [6.07, 6.45) is 0. The molecular formula is C4H4O12-12. The molecule has 0 bridgehead atoms. The maximum Gasteiger partial charge on any atom is -0.334 e. The summed E-state index contributed by atoms with van der Waals surface area (Å²) in [4.78, 5) is 0. The van der Waals surface area contributed by atoms with Gasteiger partial charge in [-0.1, -0.05) is 0 Å². The van der Waals surface area contributed by atoms with Crippen LogP contribution in [0, 0.1) is 0 Å². The second-order valence-electron chi connectivity index (χ2n) is 1.15. The van der Waals surface area contributed by atoms with Crippen molar-refractivity contribution >= 4 is 0 Å². The number of hydrogen-bond donors (Lipinski definition) is 0. The van der Waals surface area contributed by atoms with E-state index >= 15 is 0 Å². The van der Waals surface area contributed by atoms with E-state index < -0.39 is 25.9 Å². The van der Waals surface area contributed by atoms with Crippen molar-refractivity contribution in [2.75, 3.05) is 0 Å². The standard InChI is InChI=1S/4CHO3/c4*2-1(3)4/h4*1H/q4*-3. The van der Waals surface area contributed by atoms with E-state index in [4.69, 9.17) is 61.3 Å². The van der Waals surface area contributed by atoms with Crippen LogP contribution in [0.5, 0.6) is 0 Å². The lowest BCUT2D eigenvalue weighted by Gasteiger charge is -2.36. The van der Waals surface area contributed by atoms with Crippen molar-refractivity contribution in [1.29, 1.82) is 0 Å². The third-order valence-corrected chi connectivity index (χ3v) is 0. The largest absolute Gasteiger partial charge is 0.879 e. The molecule has 0 heterocycles. The highest BCUT2D eigenvalue weighted by Gasteiger charge is 1.16. The van der Waals surface area contributed by atoms with Gasteiger partial charge in [-0.2, -0.15) is 0 Å². The smallest absolute Gasteiger partial charge is 0.334 e. The van der Waals surface area contributed by atoms with E-state index in [1.165, 1.54) is 0 Å². The van der Waals surface area contributed by atoms with E-state index in [-0.39, 0.29) is 0 Å². The first-order valence-electron chi connectivity index (χ1n) is 2.83. The fourth-order valence-electron chi connectivity index (χ4n) is 0. The van der Waals surface area contributed by atoms with Gasteiger partial charge in [-0.15, -0.1) is 0 Å². The Kier molecular flexibility index (Phi) is 30.8. The van der Waals surface area contributed by atoms with Crippen LogP contribution < -0.4 is 61.3 Å². The van der Waals surface area contributed by atoms with E-state index in [1.807, 2.05) is 0 Å². The maximum atomic E-state index is 8.42. The molecule has 0 fully saturated rings. The summed E-state index contributed by atoms with van der Waals surface area (Å²) < 4.78 is 0. The first kappa shape index (κ1) is 24.7. The highest BCUT2D eigenvalue weighted by molar-refractivity contribution is 3.58. The monoisotopic (exact) mass is 244 g/mol. The van der Waals surface area contributed by atoms with Gasteiger partial charge in [-0.3, -0.25) is 0 Å². The van der Waals surface area contributed by atoms with Crippen LogP contribution in [0.25, 0.3) is 0 Å². The molecule has 16 heavy (non-hydrogen) atoms. The minimum atomic E-state index is -2.92. The summed E-state index contributed by atoms with van der Waals surface area (Å²) in [6, 6.07) is 0. The number of rotatable bonds is 0. The van der Waals surface area contributed by atoms with Crippen LogP contribution in [0.2, 0.25) is 0 Å².